The third-order valence-corrected chi connectivity index (χ3v) is 5.90. The van der Waals surface area contributed by atoms with Crippen LogP contribution in [-0.2, 0) is 9.59 Å². The van der Waals surface area contributed by atoms with Crippen molar-refractivity contribution in [3.8, 4) is 0 Å². The molecule has 0 aromatic heterocycles. The molecule has 0 rings (SSSR count). The molecule has 2 unspecified atom stereocenters. The molecule has 0 aromatic carbocycles. The number of carbonyl (C=O) groups is 2. The third-order valence-electron chi connectivity index (χ3n) is 5.90. The lowest BCUT2D eigenvalue weighted by Gasteiger charge is -2.24. The normalized spacial score (nSPS) is 13.4. The van der Waals surface area contributed by atoms with Gasteiger partial charge in [-0.1, -0.05) is 97.3 Å². The molecule has 0 radical (unpaired) electrons. The lowest BCUT2D eigenvalue weighted by molar-refractivity contribution is -0.145. The topological polar surface area (TPSA) is 74.6 Å². The van der Waals surface area contributed by atoms with Crippen LogP contribution in [0.4, 0.5) is 0 Å². The van der Waals surface area contributed by atoms with Crippen molar-refractivity contribution in [1.82, 2.24) is 0 Å². The van der Waals surface area contributed by atoms with Gasteiger partial charge >= 0.3 is 11.9 Å². The highest BCUT2D eigenvalue weighted by molar-refractivity contribution is 5.70. The smallest absolute Gasteiger partial charge is 0.306 e. The fraction of sp³-hybridized carbons (Fsp3) is 0.917. The zero-order chi connectivity index (χ0) is 21.0. The van der Waals surface area contributed by atoms with Gasteiger partial charge in [0.2, 0.25) is 0 Å². The fourth-order valence-electron chi connectivity index (χ4n) is 4.13. The van der Waals surface area contributed by atoms with Crippen molar-refractivity contribution in [2.24, 2.45) is 11.8 Å². The molecule has 0 saturated heterocycles. The molecule has 0 aliphatic carbocycles. The minimum Gasteiger partial charge on any atom is -0.481 e. The highest BCUT2D eigenvalue weighted by Gasteiger charge is 2.27. The van der Waals surface area contributed by atoms with Crippen molar-refractivity contribution in [2.45, 2.75) is 129 Å². The van der Waals surface area contributed by atoms with E-state index in [1.165, 1.54) is 70.6 Å². The van der Waals surface area contributed by atoms with E-state index >= 15 is 0 Å². The molecule has 0 bridgehead atoms. The lowest BCUT2D eigenvalue weighted by Crippen LogP contribution is -2.24. The maximum Gasteiger partial charge on any atom is 0.306 e. The summed E-state index contributed by atoms with van der Waals surface area (Å²) in [5.74, 6) is -1.74. The number of unbranched alkanes of at least 4 members (excludes halogenated alkanes) is 11. The maximum atomic E-state index is 11.9. The standard InChI is InChI=1S/C24H46O4/c1-3-5-7-9-11-13-15-18-21(17-14-12-10-8-6-4-2)22(24(27)28)19-16-20-23(25)26/h21-22H,3-20H2,1-2H3,(H,25,26)(H,27,28). The van der Waals surface area contributed by atoms with Crippen molar-refractivity contribution in [2.75, 3.05) is 0 Å². The molecular formula is C24H46O4. The van der Waals surface area contributed by atoms with E-state index in [9.17, 15) is 14.7 Å². The Morgan fingerprint density at radius 3 is 1.43 bits per heavy atom. The van der Waals surface area contributed by atoms with Crippen LogP contribution in [0.5, 0.6) is 0 Å². The third kappa shape index (κ3) is 15.9. The SMILES string of the molecule is CCCCCCCCCC(CCCCCCCC)C(CCCC(=O)O)C(=O)O. The summed E-state index contributed by atoms with van der Waals surface area (Å²) in [5, 5.41) is 18.6. The van der Waals surface area contributed by atoms with E-state index in [-0.39, 0.29) is 18.3 Å². The van der Waals surface area contributed by atoms with Gasteiger partial charge in [-0.25, -0.2) is 0 Å². The second-order valence-electron chi connectivity index (χ2n) is 8.46. The zero-order valence-electron chi connectivity index (χ0n) is 18.6. The number of aliphatic carboxylic acids is 2. The molecule has 4 nitrogen and oxygen atoms in total. The van der Waals surface area contributed by atoms with Crippen LogP contribution in [0.2, 0.25) is 0 Å². The van der Waals surface area contributed by atoms with E-state index in [2.05, 4.69) is 13.8 Å². The van der Waals surface area contributed by atoms with Gasteiger partial charge in [-0.2, -0.15) is 0 Å². The number of rotatable bonds is 21. The van der Waals surface area contributed by atoms with Crippen LogP contribution in [-0.4, -0.2) is 22.2 Å². The molecule has 0 heterocycles. The Morgan fingerprint density at radius 1 is 0.607 bits per heavy atom. The molecule has 0 aromatic rings. The molecule has 0 amide bonds. The number of carboxylic acid groups (broad SMARTS) is 2. The Kier molecular flexibility index (Phi) is 18.5. The van der Waals surface area contributed by atoms with Crippen LogP contribution in [0.15, 0.2) is 0 Å². The van der Waals surface area contributed by atoms with Gasteiger partial charge in [-0.3, -0.25) is 9.59 Å². The van der Waals surface area contributed by atoms with Gasteiger partial charge in [-0.05, 0) is 31.6 Å². The molecule has 0 fully saturated rings. The molecule has 2 atom stereocenters. The number of hydrogen-bond donors (Lipinski definition) is 2. The van der Waals surface area contributed by atoms with Gasteiger partial charge in [0.15, 0.2) is 0 Å². The summed E-state index contributed by atoms with van der Waals surface area (Å²) in [7, 11) is 0. The van der Waals surface area contributed by atoms with Crippen LogP contribution < -0.4 is 0 Å². The van der Waals surface area contributed by atoms with E-state index in [0.717, 1.165) is 25.7 Å². The van der Waals surface area contributed by atoms with Crippen LogP contribution >= 0.6 is 0 Å². The van der Waals surface area contributed by atoms with E-state index in [4.69, 9.17) is 5.11 Å². The predicted molar refractivity (Wildman–Crippen MR) is 117 cm³/mol. The van der Waals surface area contributed by atoms with Crippen molar-refractivity contribution >= 4 is 11.9 Å². The lowest BCUT2D eigenvalue weighted by atomic mass is 9.80. The Balaban J connectivity index is 4.43. The highest BCUT2D eigenvalue weighted by atomic mass is 16.4. The Hall–Kier alpha value is -1.06. The van der Waals surface area contributed by atoms with Gasteiger partial charge in [0.25, 0.3) is 0 Å². The first-order valence-corrected chi connectivity index (χ1v) is 12.0. The molecule has 0 spiro atoms. The highest BCUT2D eigenvalue weighted by Crippen LogP contribution is 2.30. The molecule has 2 N–H and O–H groups in total. The number of hydrogen-bond acceptors (Lipinski definition) is 2. The summed E-state index contributed by atoms with van der Waals surface area (Å²) in [6.07, 6.45) is 19.1. The molecule has 0 aliphatic rings. The van der Waals surface area contributed by atoms with Gasteiger partial charge in [-0.15, -0.1) is 0 Å². The first-order chi connectivity index (χ1) is 13.5. The molecule has 166 valence electrons. The van der Waals surface area contributed by atoms with Crippen LogP contribution in [0, 0.1) is 11.8 Å². The molecular weight excluding hydrogens is 352 g/mol. The summed E-state index contributed by atoms with van der Waals surface area (Å²) in [5.41, 5.74) is 0. The maximum absolute atomic E-state index is 11.9. The molecule has 4 heteroatoms. The van der Waals surface area contributed by atoms with Crippen LogP contribution in [0.1, 0.15) is 129 Å². The first-order valence-electron chi connectivity index (χ1n) is 12.0. The second kappa shape index (κ2) is 19.3. The second-order valence-corrected chi connectivity index (χ2v) is 8.46. The quantitative estimate of drug-likeness (QED) is 0.197. The monoisotopic (exact) mass is 398 g/mol. The van der Waals surface area contributed by atoms with Gasteiger partial charge < -0.3 is 10.2 Å². The average molecular weight is 399 g/mol. The minimum absolute atomic E-state index is 0.0744. The molecule has 0 aliphatic heterocycles. The molecule has 0 saturated carbocycles. The van der Waals surface area contributed by atoms with E-state index in [1.807, 2.05) is 0 Å². The summed E-state index contributed by atoms with van der Waals surface area (Å²) in [6.45, 7) is 4.44. The van der Waals surface area contributed by atoms with Crippen molar-refractivity contribution in [1.29, 1.82) is 0 Å². The Bertz CT molecular complexity index is 381. The van der Waals surface area contributed by atoms with E-state index in [0.29, 0.717) is 12.8 Å². The zero-order valence-corrected chi connectivity index (χ0v) is 18.6. The Morgan fingerprint density at radius 2 is 1.04 bits per heavy atom. The molecule has 28 heavy (non-hydrogen) atoms. The minimum atomic E-state index is -0.830. The van der Waals surface area contributed by atoms with Crippen molar-refractivity contribution < 1.29 is 19.8 Å². The average Bonchev–Trinajstić information content (AvgIpc) is 2.65. The first kappa shape index (κ1) is 26.9. The predicted octanol–water partition coefficient (Wildman–Crippen LogP) is 7.45. The van der Waals surface area contributed by atoms with Crippen molar-refractivity contribution in [3.63, 3.8) is 0 Å². The summed E-state index contributed by atoms with van der Waals surface area (Å²) < 4.78 is 0. The summed E-state index contributed by atoms with van der Waals surface area (Å²) >= 11 is 0. The fourth-order valence-corrected chi connectivity index (χ4v) is 4.13. The van der Waals surface area contributed by atoms with Gasteiger partial charge in [0.1, 0.15) is 0 Å². The number of carboxylic acids is 2. The largest absolute Gasteiger partial charge is 0.481 e. The van der Waals surface area contributed by atoms with E-state index in [1.54, 1.807) is 0 Å². The van der Waals surface area contributed by atoms with Crippen LogP contribution in [0.3, 0.4) is 0 Å². The van der Waals surface area contributed by atoms with Crippen LogP contribution in [0.25, 0.3) is 0 Å². The van der Waals surface area contributed by atoms with Crippen molar-refractivity contribution in [3.05, 3.63) is 0 Å². The summed E-state index contributed by atoms with van der Waals surface area (Å²) in [6, 6.07) is 0. The Labute approximate surface area is 173 Å². The van der Waals surface area contributed by atoms with E-state index < -0.39 is 11.9 Å². The summed E-state index contributed by atoms with van der Waals surface area (Å²) in [4.78, 5) is 22.6. The van der Waals surface area contributed by atoms with Gasteiger partial charge in [0, 0.05) is 6.42 Å². The van der Waals surface area contributed by atoms with Gasteiger partial charge in [0.05, 0.1) is 5.92 Å².